The molecule has 2 N–H and O–H groups in total. The molecule has 0 aliphatic carbocycles. The Morgan fingerprint density at radius 3 is 2.86 bits per heavy atom. The van der Waals surface area contributed by atoms with Gasteiger partial charge in [0, 0.05) is 18.8 Å². The number of methoxy groups -OCH3 is 1. The molecular formula is C15H17BrN4O2. The van der Waals surface area contributed by atoms with Crippen LogP contribution in [0, 0.1) is 6.92 Å². The second-order valence-corrected chi connectivity index (χ2v) is 5.28. The van der Waals surface area contributed by atoms with Crippen LogP contribution in [0.1, 0.15) is 22.8 Å². The topological polar surface area (TPSA) is 76.1 Å². The molecule has 0 bridgehead atoms. The van der Waals surface area contributed by atoms with Crippen molar-refractivity contribution in [1.82, 2.24) is 9.97 Å². The van der Waals surface area contributed by atoms with Crippen LogP contribution in [-0.2, 0) is 0 Å². The quantitative estimate of drug-likeness (QED) is 0.796. The predicted octanol–water partition coefficient (Wildman–Crippen LogP) is 3.24. The summed E-state index contributed by atoms with van der Waals surface area (Å²) in [5.41, 5.74) is 1.93. The van der Waals surface area contributed by atoms with Crippen molar-refractivity contribution in [2.24, 2.45) is 0 Å². The molecule has 2 rings (SSSR count). The highest BCUT2D eigenvalue weighted by molar-refractivity contribution is 9.10. The van der Waals surface area contributed by atoms with Gasteiger partial charge in [-0.25, -0.2) is 9.97 Å². The van der Waals surface area contributed by atoms with Crippen LogP contribution in [0.2, 0.25) is 0 Å². The van der Waals surface area contributed by atoms with Gasteiger partial charge in [0.05, 0.1) is 18.4 Å². The minimum atomic E-state index is -0.250. The number of halogens is 1. The molecule has 6 nitrogen and oxygen atoms in total. The Morgan fingerprint density at radius 2 is 2.23 bits per heavy atom. The molecule has 0 spiro atoms. The van der Waals surface area contributed by atoms with Gasteiger partial charge < -0.3 is 15.4 Å². The summed E-state index contributed by atoms with van der Waals surface area (Å²) in [5, 5.41) is 5.93. The third-order valence-electron chi connectivity index (χ3n) is 2.99. The van der Waals surface area contributed by atoms with Gasteiger partial charge in [-0.1, -0.05) is 0 Å². The maximum Gasteiger partial charge on any atom is 0.259 e. The third kappa shape index (κ3) is 3.54. The maximum atomic E-state index is 12.5. The number of hydrogen-bond donors (Lipinski definition) is 2. The number of pyridine rings is 2. The van der Waals surface area contributed by atoms with E-state index in [4.69, 9.17) is 4.74 Å². The molecule has 2 heterocycles. The summed E-state index contributed by atoms with van der Waals surface area (Å²) in [6.07, 6.45) is 1.64. The molecule has 0 radical (unpaired) electrons. The molecule has 1 amide bonds. The molecule has 2 aromatic rings. The number of nitrogens with one attached hydrogen (secondary N) is 2. The average molecular weight is 365 g/mol. The monoisotopic (exact) mass is 364 g/mol. The van der Waals surface area contributed by atoms with E-state index in [9.17, 15) is 4.79 Å². The van der Waals surface area contributed by atoms with E-state index >= 15 is 0 Å². The van der Waals surface area contributed by atoms with Crippen molar-refractivity contribution in [3.63, 3.8) is 0 Å². The molecule has 7 heteroatoms. The van der Waals surface area contributed by atoms with E-state index in [-0.39, 0.29) is 5.91 Å². The van der Waals surface area contributed by atoms with E-state index in [0.29, 0.717) is 34.1 Å². The smallest absolute Gasteiger partial charge is 0.259 e. The average Bonchev–Trinajstić information content (AvgIpc) is 2.51. The highest BCUT2D eigenvalue weighted by atomic mass is 79.9. The zero-order valence-corrected chi connectivity index (χ0v) is 14.2. The number of hydrogen-bond acceptors (Lipinski definition) is 5. The van der Waals surface area contributed by atoms with E-state index in [2.05, 4.69) is 36.5 Å². The Balaban J connectivity index is 2.30. The number of rotatable bonds is 5. The van der Waals surface area contributed by atoms with E-state index in [1.807, 2.05) is 13.8 Å². The fourth-order valence-electron chi connectivity index (χ4n) is 1.94. The molecule has 0 aliphatic rings. The number of aryl methyl sites for hydroxylation is 1. The number of nitrogens with zero attached hydrogens (tertiary/aromatic N) is 2. The summed E-state index contributed by atoms with van der Waals surface area (Å²) < 4.78 is 5.62. The number of carbonyl (C=O) groups is 1. The van der Waals surface area contributed by atoms with Gasteiger partial charge in [-0.05, 0) is 47.5 Å². The summed E-state index contributed by atoms with van der Waals surface area (Å²) in [6.45, 7) is 4.51. The van der Waals surface area contributed by atoms with Crippen molar-refractivity contribution in [2.45, 2.75) is 13.8 Å². The molecule has 0 saturated carbocycles. The van der Waals surface area contributed by atoms with Gasteiger partial charge in [-0.15, -0.1) is 0 Å². The highest BCUT2D eigenvalue weighted by Crippen LogP contribution is 2.28. The largest absolute Gasteiger partial charge is 0.481 e. The van der Waals surface area contributed by atoms with Crippen LogP contribution in [0.5, 0.6) is 5.88 Å². The zero-order valence-electron chi connectivity index (χ0n) is 12.6. The van der Waals surface area contributed by atoms with Crippen LogP contribution < -0.4 is 15.4 Å². The Labute approximate surface area is 137 Å². The van der Waals surface area contributed by atoms with Crippen LogP contribution in [-0.4, -0.2) is 29.5 Å². The van der Waals surface area contributed by atoms with Gasteiger partial charge in [0.1, 0.15) is 10.4 Å². The first-order valence-corrected chi connectivity index (χ1v) is 7.57. The SMILES string of the molecule is CCNc1ncccc1C(=O)Nc1c(C)cc(OC)nc1Br. The van der Waals surface area contributed by atoms with Crippen molar-refractivity contribution < 1.29 is 9.53 Å². The molecule has 0 fully saturated rings. The lowest BCUT2D eigenvalue weighted by atomic mass is 10.2. The second-order valence-electron chi connectivity index (χ2n) is 4.53. The number of aromatic nitrogens is 2. The summed E-state index contributed by atoms with van der Waals surface area (Å²) in [4.78, 5) is 20.9. The first-order valence-electron chi connectivity index (χ1n) is 6.78. The number of anilines is 2. The summed E-state index contributed by atoms with van der Waals surface area (Å²) in [6, 6.07) is 5.21. The second kappa shape index (κ2) is 7.22. The maximum absolute atomic E-state index is 12.5. The standard InChI is InChI=1S/C15H17BrN4O2/c1-4-17-14-10(6-5-7-18-14)15(21)20-12-9(2)8-11(22-3)19-13(12)16/h5-8H,4H2,1-3H3,(H,17,18)(H,20,21). The van der Waals surface area contributed by atoms with Crippen LogP contribution in [0.15, 0.2) is 29.0 Å². The minimum absolute atomic E-state index is 0.250. The highest BCUT2D eigenvalue weighted by Gasteiger charge is 2.16. The molecule has 0 atom stereocenters. The van der Waals surface area contributed by atoms with Crippen LogP contribution in [0.4, 0.5) is 11.5 Å². The Morgan fingerprint density at radius 1 is 1.45 bits per heavy atom. The third-order valence-corrected chi connectivity index (χ3v) is 3.57. The fourth-order valence-corrected chi connectivity index (χ4v) is 2.52. The van der Waals surface area contributed by atoms with Crippen molar-refractivity contribution in [1.29, 1.82) is 0 Å². The minimum Gasteiger partial charge on any atom is -0.481 e. The van der Waals surface area contributed by atoms with Gasteiger partial charge >= 0.3 is 0 Å². The van der Waals surface area contributed by atoms with E-state index < -0.39 is 0 Å². The fraction of sp³-hybridized carbons (Fsp3) is 0.267. The van der Waals surface area contributed by atoms with Crippen LogP contribution in [0.3, 0.4) is 0 Å². The molecule has 0 saturated heterocycles. The van der Waals surface area contributed by atoms with Crippen LogP contribution in [0.25, 0.3) is 0 Å². The lowest BCUT2D eigenvalue weighted by Gasteiger charge is -2.13. The van der Waals surface area contributed by atoms with E-state index in [1.54, 1.807) is 31.5 Å². The number of amides is 1. The lowest BCUT2D eigenvalue weighted by molar-refractivity contribution is 0.102. The first kappa shape index (κ1) is 16.2. The Bertz CT molecular complexity index is 668. The molecule has 0 aliphatic heterocycles. The molecule has 116 valence electrons. The van der Waals surface area contributed by atoms with Gasteiger partial charge in [-0.2, -0.15) is 0 Å². The summed E-state index contributed by atoms with van der Waals surface area (Å²) >= 11 is 3.35. The van der Waals surface area contributed by atoms with Gasteiger partial charge in [0.2, 0.25) is 5.88 Å². The van der Waals surface area contributed by atoms with E-state index in [0.717, 1.165) is 5.56 Å². The van der Waals surface area contributed by atoms with Crippen LogP contribution >= 0.6 is 15.9 Å². The molecule has 22 heavy (non-hydrogen) atoms. The molecule has 0 unspecified atom stereocenters. The van der Waals surface area contributed by atoms with Crippen molar-refractivity contribution in [3.8, 4) is 5.88 Å². The number of carbonyl (C=O) groups excluding carboxylic acids is 1. The predicted molar refractivity (Wildman–Crippen MR) is 89.6 cm³/mol. The van der Waals surface area contributed by atoms with Gasteiger partial charge in [-0.3, -0.25) is 4.79 Å². The molecular weight excluding hydrogens is 348 g/mol. The number of ether oxygens (including phenoxy) is 1. The van der Waals surface area contributed by atoms with Gasteiger partial charge in [0.25, 0.3) is 5.91 Å². The first-order chi connectivity index (χ1) is 10.6. The van der Waals surface area contributed by atoms with Crippen molar-refractivity contribution in [3.05, 3.63) is 40.1 Å². The normalized spacial score (nSPS) is 10.2. The summed E-state index contributed by atoms with van der Waals surface area (Å²) in [7, 11) is 1.55. The van der Waals surface area contributed by atoms with Crippen molar-refractivity contribution in [2.75, 3.05) is 24.3 Å². The Kier molecular flexibility index (Phi) is 5.32. The van der Waals surface area contributed by atoms with Gasteiger partial charge in [0.15, 0.2) is 0 Å². The van der Waals surface area contributed by atoms with Crippen molar-refractivity contribution >= 4 is 33.3 Å². The summed E-state index contributed by atoms with van der Waals surface area (Å²) in [5.74, 6) is 0.787. The Hall–Kier alpha value is -2.15. The lowest BCUT2D eigenvalue weighted by Crippen LogP contribution is -2.17. The molecule has 0 aromatic carbocycles. The van der Waals surface area contributed by atoms with E-state index in [1.165, 1.54) is 0 Å². The zero-order chi connectivity index (χ0) is 16.1. The molecule has 2 aromatic heterocycles.